The van der Waals surface area contributed by atoms with E-state index in [0.717, 1.165) is 4.68 Å². The van der Waals surface area contributed by atoms with Crippen molar-refractivity contribution in [3.05, 3.63) is 58.5 Å². The average Bonchev–Trinajstić information content (AvgIpc) is 3.05. The second kappa shape index (κ2) is 7.65. The normalized spacial score (nSPS) is 11.3. The van der Waals surface area contributed by atoms with Crippen molar-refractivity contribution in [2.24, 2.45) is 0 Å². The summed E-state index contributed by atoms with van der Waals surface area (Å²) in [4.78, 5) is 0. The molecule has 2 aromatic heterocycles. The first-order valence-corrected chi connectivity index (χ1v) is 7.56. The summed E-state index contributed by atoms with van der Waals surface area (Å²) in [6, 6.07) is 7.87. The highest BCUT2D eigenvalue weighted by atomic mass is 35.5. The number of alkyl halides is 4. The van der Waals surface area contributed by atoms with Gasteiger partial charge in [0.2, 0.25) is 5.88 Å². The Kier molecular flexibility index (Phi) is 5.31. The molecule has 26 heavy (non-hydrogen) atoms. The van der Waals surface area contributed by atoms with Crippen molar-refractivity contribution in [2.75, 3.05) is 0 Å². The number of halogens is 5. The van der Waals surface area contributed by atoms with Gasteiger partial charge in [-0.1, -0.05) is 28.9 Å². The number of hydrogen-bond donors (Lipinski definition) is 0. The van der Waals surface area contributed by atoms with Gasteiger partial charge in [-0.2, -0.15) is 0 Å². The van der Waals surface area contributed by atoms with Gasteiger partial charge in [-0.3, -0.25) is 0 Å². The molecule has 0 saturated carbocycles. The van der Waals surface area contributed by atoms with Gasteiger partial charge in [-0.15, -0.1) is 15.3 Å². The van der Waals surface area contributed by atoms with E-state index >= 15 is 0 Å². The Balaban J connectivity index is 1.89. The smallest absolute Gasteiger partial charge is 0.284 e. The van der Waals surface area contributed by atoms with E-state index in [1.807, 2.05) is 0 Å². The summed E-state index contributed by atoms with van der Waals surface area (Å²) in [6.07, 6.45) is -5.53. The van der Waals surface area contributed by atoms with Gasteiger partial charge >= 0.3 is 0 Å². The molecule has 1 aromatic carbocycles. The molecule has 3 rings (SSSR count). The monoisotopic (exact) mass is 387 g/mol. The third-order valence-corrected chi connectivity index (χ3v) is 3.56. The second-order valence-corrected chi connectivity index (χ2v) is 5.40. The van der Waals surface area contributed by atoms with Crippen LogP contribution in [0.3, 0.4) is 0 Å². The summed E-state index contributed by atoms with van der Waals surface area (Å²) >= 11 is 5.61. The Labute approximate surface area is 149 Å². The number of rotatable bonds is 6. The van der Waals surface area contributed by atoms with Gasteiger partial charge in [0, 0.05) is 11.6 Å². The van der Waals surface area contributed by atoms with E-state index in [9.17, 15) is 17.6 Å². The minimum Gasteiger partial charge on any atom is -0.470 e. The summed E-state index contributed by atoms with van der Waals surface area (Å²) in [7, 11) is 0. The van der Waals surface area contributed by atoms with Crippen LogP contribution in [0.25, 0.3) is 5.69 Å². The molecule has 6 nitrogen and oxygen atoms in total. The molecule has 0 N–H and O–H groups in total. The Bertz CT molecular complexity index is 871. The van der Waals surface area contributed by atoms with E-state index in [4.69, 9.17) is 16.3 Å². The Morgan fingerprint density at radius 2 is 1.65 bits per heavy atom. The van der Waals surface area contributed by atoms with Crippen LogP contribution in [-0.2, 0) is 6.61 Å². The molecule has 11 heteroatoms. The lowest BCUT2D eigenvalue weighted by atomic mass is 10.2. The van der Waals surface area contributed by atoms with Crippen molar-refractivity contribution < 1.29 is 22.3 Å². The van der Waals surface area contributed by atoms with Crippen LogP contribution in [0, 0.1) is 0 Å². The summed E-state index contributed by atoms with van der Waals surface area (Å²) in [5.41, 5.74) is -0.529. The molecule has 0 spiro atoms. The molecule has 0 radical (unpaired) electrons. The van der Waals surface area contributed by atoms with Crippen LogP contribution in [0.4, 0.5) is 17.6 Å². The fourth-order valence-electron chi connectivity index (χ4n) is 2.11. The van der Waals surface area contributed by atoms with Gasteiger partial charge in [-0.05, 0) is 18.2 Å². The molecule has 0 saturated heterocycles. The SMILES string of the molecule is FC(F)c1ccc(-n2nnc(C(F)F)c2COc2ccc(Cl)nn2)cc1. The zero-order valence-electron chi connectivity index (χ0n) is 12.9. The first-order valence-electron chi connectivity index (χ1n) is 7.19. The summed E-state index contributed by atoms with van der Waals surface area (Å²) in [5, 5.41) is 14.5. The van der Waals surface area contributed by atoms with Crippen molar-refractivity contribution in [2.45, 2.75) is 19.5 Å². The topological polar surface area (TPSA) is 65.7 Å². The van der Waals surface area contributed by atoms with E-state index in [1.165, 1.54) is 36.4 Å². The fraction of sp³-hybridized carbons (Fsp3) is 0.200. The van der Waals surface area contributed by atoms with Gasteiger partial charge < -0.3 is 4.74 Å². The minimum absolute atomic E-state index is 0.0402. The summed E-state index contributed by atoms with van der Waals surface area (Å²) in [5.74, 6) is 0.0652. The number of ether oxygens (including phenoxy) is 1. The molecule has 0 fully saturated rings. The Morgan fingerprint density at radius 1 is 0.923 bits per heavy atom. The number of aromatic nitrogens is 5. The molecule has 0 unspecified atom stereocenters. The summed E-state index contributed by atoms with van der Waals surface area (Å²) in [6.45, 7) is -0.334. The molecule has 0 bridgehead atoms. The first kappa shape index (κ1) is 18.1. The van der Waals surface area contributed by atoms with Gasteiger partial charge in [0.15, 0.2) is 10.8 Å². The third-order valence-electron chi connectivity index (χ3n) is 3.35. The van der Waals surface area contributed by atoms with Gasteiger partial charge in [0.1, 0.15) is 12.3 Å². The molecule has 3 aromatic rings. The van der Waals surface area contributed by atoms with Crippen LogP contribution >= 0.6 is 11.6 Å². The predicted octanol–water partition coefficient (Wildman–Crippen LogP) is 4.16. The number of hydrogen-bond acceptors (Lipinski definition) is 5. The number of nitrogens with zero attached hydrogens (tertiary/aromatic N) is 5. The lowest BCUT2D eigenvalue weighted by molar-refractivity contribution is 0.142. The lowest BCUT2D eigenvalue weighted by Gasteiger charge is -2.10. The maximum absolute atomic E-state index is 13.2. The zero-order chi connectivity index (χ0) is 18.7. The van der Waals surface area contributed by atoms with Crippen molar-refractivity contribution >= 4 is 11.6 Å². The predicted molar refractivity (Wildman–Crippen MR) is 82.6 cm³/mol. The highest BCUT2D eigenvalue weighted by Gasteiger charge is 2.23. The van der Waals surface area contributed by atoms with E-state index < -0.39 is 18.5 Å². The molecule has 0 aliphatic heterocycles. The Morgan fingerprint density at radius 3 is 2.23 bits per heavy atom. The molecular weight excluding hydrogens is 378 g/mol. The van der Waals surface area contributed by atoms with Crippen molar-refractivity contribution in [3.8, 4) is 11.6 Å². The second-order valence-electron chi connectivity index (χ2n) is 5.01. The average molecular weight is 388 g/mol. The van der Waals surface area contributed by atoms with Crippen LogP contribution in [0.15, 0.2) is 36.4 Å². The maximum atomic E-state index is 13.2. The maximum Gasteiger partial charge on any atom is 0.284 e. The summed E-state index contributed by atoms with van der Waals surface area (Å²) < 4.78 is 58.1. The minimum atomic E-state index is -2.89. The molecule has 0 amide bonds. The number of benzene rings is 1. The van der Waals surface area contributed by atoms with Gasteiger partial charge in [0.05, 0.1) is 5.69 Å². The largest absolute Gasteiger partial charge is 0.470 e. The van der Waals surface area contributed by atoms with Crippen LogP contribution in [0.5, 0.6) is 5.88 Å². The van der Waals surface area contributed by atoms with E-state index in [0.29, 0.717) is 0 Å². The van der Waals surface area contributed by atoms with Crippen molar-refractivity contribution in [3.63, 3.8) is 0 Å². The fourth-order valence-corrected chi connectivity index (χ4v) is 2.21. The van der Waals surface area contributed by atoms with E-state index in [1.54, 1.807) is 0 Å². The molecule has 0 atom stereocenters. The quantitative estimate of drug-likeness (QED) is 0.594. The van der Waals surface area contributed by atoms with Gasteiger partial charge in [-0.25, -0.2) is 22.2 Å². The third kappa shape index (κ3) is 3.90. The van der Waals surface area contributed by atoms with Crippen LogP contribution in [0.2, 0.25) is 5.15 Å². The zero-order valence-corrected chi connectivity index (χ0v) is 13.6. The van der Waals surface area contributed by atoms with E-state index in [2.05, 4.69) is 20.5 Å². The Hall–Kier alpha value is -2.75. The molecular formula is C15H10ClF4N5O. The lowest BCUT2D eigenvalue weighted by Crippen LogP contribution is -2.09. The molecule has 136 valence electrons. The standard InChI is InChI=1S/C15H10ClF4N5O/c16-11-5-6-12(22-21-11)26-7-10-13(15(19)20)23-24-25(10)9-3-1-8(2-4-9)14(17)18/h1-6,14-15H,7H2. The molecule has 0 aliphatic rings. The van der Waals surface area contributed by atoms with Crippen molar-refractivity contribution in [1.29, 1.82) is 0 Å². The van der Waals surface area contributed by atoms with Crippen LogP contribution in [0.1, 0.15) is 29.8 Å². The van der Waals surface area contributed by atoms with Crippen LogP contribution < -0.4 is 4.74 Å². The first-order chi connectivity index (χ1) is 12.5. The van der Waals surface area contributed by atoms with E-state index in [-0.39, 0.29) is 34.6 Å². The van der Waals surface area contributed by atoms with Gasteiger partial charge in [0.25, 0.3) is 12.9 Å². The molecule has 2 heterocycles. The molecule has 0 aliphatic carbocycles. The highest BCUT2D eigenvalue weighted by molar-refractivity contribution is 6.29. The van der Waals surface area contributed by atoms with Crippen LogP contribution in [-0.4, -0.2) is 25.2 Å². The highest BCUT2D eigenvalue weighted by Crippen LogP contribution is 2.25. The van der Waals surface area contributed by atoms with Crippen molar-refractivity contribution in [1.82, 2.24) is 25.2 Å².